The van der Waals surface area contributed by atoms with Gasteiger partial charge in [-0.3, -0.25) is 4.68 Å². The average Bonchev–Trinajstić information content (AvgIpc) is 2.92. The van der Waals surface area contributed by atoms with Gasteiger partial charge < -0.3 is 5.32 Å². The number of aromatic nitrogens is 2. The molecular weight excluding hydrogens is 266 g/mol. The predicted molar refractivity (Wildman–Crippen MR) is 77.4 cm³/mol. The lowest BCUT2D eigenvalue weighted by Crippen LogP contribution is -2.21. The van der Waals surface area contributed by atoms with Crippen molar-refractivity contribution >= 4 is 22.9 Å². The first-order valence-electron chi connectivity index (χ1n) is 6.16. The van der Waals surface area contributed by atoms with Crippen LogP contribution in [0.3, 0.4) is 0 Å². The first-order chi connectivity index (χ1) is 8.65. The summed E-state index contributed by atoms with van der Waals surface area (Å²) in [6.07, 6.45) is 3.04. The van der Waals surface area contributed by atoms with Crippen molar-refractivity contribution in [2.45, 2.75) is 26.3 Å². The third-order valence-corrected chi connectivity index (χ3v) is 4.17. The summed E-state index contributed by atoms with van der Waals surface area (Å²) < 4.78 is 2.71. The molecule has 2 aromatic heterocycles. The van der Waals surface area contributed by atoms with Crippen molar-refractivity contribution in [3.8, 4) is 0 Å². The highest BCUT2D eigenvalue weighted by Gasteiger charge is 2.20. The Morgan fingerprint density at radius 3 is 2.78 bits per heavy atom. The summed E-state index contributed by atoms with van der Waals surface area (Å²) in [6, 6.07) is 4.23. The van der Waals surface area contributed by atoms with Gasteiger partial charge in [-0.2, -0.15) is 5.10 Å². The largest absolute Gasteiger partial charge is 0.306 e. The second-order valence-electron chi connectivity index (χ2n) is 4.19. The van der Waals surface area contributed by atoms with Gasteiger partial charge in [0.15, 0.2) is 0 Å². The number of halogens is 1. The molecule has 0 aliphatic rings. The molecule has 0 aliphatic heterocycles. The number of hydrogen-bond donors (Lipinski definition) is 1. The van der Waals surface area contributed by atoms with Crippen LogP contribution in [0.15, 0.2) is 18.3 Å². The molecule has 3 nitrogen and oxygen atoms in total. The molecule has 0 radical (unpaired) electrons. The van der Waals surface area contributed by atoms with Crippen LogP contribution in [0.4, 0.5) is 0 Å². The van der Waals surface area contributed by atoms with E-state index in [4.69, 9.17) is 11.6 Å². The standard InChI is InChI=1S/C13H18ClN3S/c1-4-10-9(8-17(3)16-10)13(15-5-2)11-6-7-12(14)18-11/h6-8,13,15H,4-5H2,1-3H3. The molecule has 0 saturated carbocycles. The lowest BCUT2D eigenvalue weighted by atomic mass is 10.0. The van der Waals surface area contributed by atoms with Crippen LogP contribution in [0, 0.1) is 0 Å². The molecule has 0 spiro atoms. The Kier molecular flexibility index (Phi) is 4.43. The fourth-order valence-corrected chi connectivity index (χ4v) is 3.28. The van der Waals surface area contributed by atoms with E-state index in [9.17, 15) is 0 Å². The van der Waals surface area contributed by atoms with E-state index in [-0.39, 0.29) is 6.04 Å². The second-order valence-corrected chi connectivity index (χ2v) is 5.94. The molecule has 98 valence electrons. The van der Waals surface area contributed by atoms with Crippen LogP contribution in [0.25, 0.3) is 0 Å². The zero-order chi connectivity index (χ0) is 13.1. The van der Waals surface area contributed by atoms with Crippen LogP contribution < -0.4 is 5.32 Å². The lowest BCUT2D eigenvalue weighted by molar-refractivity contribution is 0.634. The van der Waals surface area contributed by atoms with Crippen molar-refractivity contribution in [1.82, 2.24) is 15.1 Å². The number of nitrogens with one attached hydrogen (secondary N) is 1. The minimum Gasteiger partial charge on any atom is -0.306 e. The molecule has 2 heterocycles. The first-order valence-corrected chi connectivity index (χ1v) is 7.36. The van der Waals surface area contributed by atoms with Gasteiger partial charge in [0.2, 0.25) is 0 Å². The highest BCUT2D eigenvalue weighted by molar-refractivity contribution is 7.16. The molecule has 5 heteroatoms. The highest BCUT2D eigenvalue weighted by atomic mass is 35.5. The van der Waals surface area contributed by atoms with Crippen LogP contribution in [0.2, 0.25) is 4.34 Å². The monoisotopic (exact) mass is 283 g/mol. The summed E-state index contributed by atoms with van der Waals surface area (Å²) >= 11 is 7.67. The number of thiophene rings is 1. The number of rotatable bonds is 5. The molecule has 0 amide bonds. The molecule has 0 aromatic carbocycles. The Morgan fingerprint density at radius 1 is 1.44 bits per heavy atom. The smallest absolute Gasteiger partial charge is 0.0931 e. The van der Waals surface area contributed by atoms with Crippen LogP contribution in [0.5, 0.6) is 0 Å². The minimum atomic E-state index is 0.191. The van der Waals surface area contributed by atoms with Gasteiger partial charge in [-0.15, -0.1) is 11.3 Å². The molecular formula is C13H18ClN3S. The zero-order valence-corrected chi connectivity index (χ0v) is 12.5. The predicted octanol–water partition coefficient (Wildman–Crippen LogP) is 3.40. The van der Waals surface area contributed by atoms with Gasteiger partial charge in [0, 0.05) is 23.7 Å². The van der Waals surface area contributed by atoms with Crippen molar-refractivity contribution in [2.24, 2.45) is 7.05 Å². The Hall–Kier alpha value is -0.840. The molecule has 0 saturated heterocycles. The van der Waals surface area contributed by atoms with Crippen molar-refractivity contribution < 1.29 is 0 Å². The molecule has 0 fully saturated rings. The summed E-state index contributed by atoms with van der Waals surface area (Å²) in [6.45, 7) is 5.17. The molecule has 0 bridgehead atoms. The van der Waals surface area contributed by atoms with E-state index >= 15 is 0 Å². The lowest BCUT2D eigenvalue weighted by Gasteiger charge is -2.16. The number of aryl methyl sites for hydroxylation is 2. The van der Waals surface area contributed by atoms with Gasteiger partial charge in [0.05, 0.1) is 16.1 Å². The van der Waals surface area contributed by atoms with Crippen LogP contribution in [0.1, 0.15) is 36.0 Å². The Bertz CT molecular complexity index is 518. The average molecular weight is 284 g/mol. The molecule has 1 unspecified atom stereocenters. The number of hydrogen-bond acceptors (Lipinski definition) is 3. The molecule has 0 aliphatic carbocycles. The van der Waals surface area contributed by atoms with E-state index in [2.05, 4.69) is 36.5 Å². The summed E-state index contributed by atoms with van der Waals surface area (Å²) in [5.41, 5.74) is 2.40. The van der Waals surface area contributed by atoms with E-state index in [1.54, 1.807) is 11.3 Å². The second kappa shape index (κ2) is 5.87. The summed E-state index contributed by atoms with van der Waals surface area (Å²) in [5.74, 6) is 0. The van der Waals surface area contributed by atoms with Crippen LogP contribution >= 0.6 is 22.9 Å². The van der Waals surface area contributed by atoms with E-state index < -0.39 is 0 Å². The molecule has 2 aromatic rings. The van der Waals surface area contributed by atoms with Crippen molar-refractivity contribution in [2.75, 3.05) is 6.54 Å². The maximum absolute atomic E-state index is 6.04. The van der Waals surface area contributed by atoms with Gasteiger partial charge in [0.1, 0.15) is 0 Å². The summed E-state index contributed by atoms with van der Waals surface area (Å²) in [7, 11) is 1.97. The maximum Gasteiger partial charge on any atom is 0.0931 e. The van der Waals surface area contributed by atoms with Crippen LogP contribution in [-0.4, -0.2) is 16.3 Å². The minimum absolute atomic E-state index is 0.191. The Balaban J connectivity index is 2.40. The van der Waals surface area contributed by atoms with Gasteiger partial charge in [-0.05, 0) is 25.1 Å². The molecule has 2 rings (SSSR count). The van der Waals surface area contributed by atoms with Crippen molar-refractivity contribution in [3.63, 3.8) is 0 Å². The fourth-order valence-electron chi connectivity index (χ4n) is 2.12. The molecule has 1 N–H and O–H groups in total. The van der Waals surface area contributed by atoms with Crippen LogP contribution in [-0.2, 0) is 13.5 Å². The Labute approximate surface area is 117 Å². The summed E-state index contributed by atoms with van der Waals surface area (Å²) in [4.78, 5) is 1.24. The normalized spacial score (nSPS) is 12.9. The quantitative estimate of drug-likeness (QED) is 0.911. The third kappa shape index (κ3) is 2.76. The molecule has 1 atom stereocenters. The van der Waals surface area contributed by atoms with Gasteiger partial charge in [-0.1, -0.05) is 25.4 Å². The van der Waals surface area contributed by atoms with Gasteiger partial charge in [0.25, 0.3) is 0 Å². The maximum atomic E-state index is 6.04. The first kappa shape index (κ1) is 13.6. The summed E-state index contributed by atoms with van der Waals surface area (Å²) in [5, 5.41) is 8.03. The van der Waals surface area contributed by atoms with Crippen molar-refractivity contribution in [1.29, 1.82) is 0 Å². The topological polar surface area (TPSA) is 29.9 Å². The molecule has 18 heavy (non-hydrogen) atoms. The SMILES string of the molecule is CCNC(c1ccc(Cl)s1)c1cn(C)nc1CC. The highest BCUT2D eigenvalue weighted by Crippen LogP contribution is 2.32. The fraction of sp³-hybridized carbons (Fsp3) is 0.462. The van der Waals surface area contributed by atoms with E-state index in [1.807, 2.05) is 17.8 Å². The van der Waals surface area contributed by atoms with E-state index in [0.29, 0.717) is 0 Å². The van der Waals surface area contributed by atoms with Gasteiger partial charge >= 0.3 is 0 Å². The Morgan fingerprint density at radius 2 is 2.22 bits per heavy atom. The van der Waals surface area contributed by atoms with Gasteiger partial charge in [-0.25, -0.2) is 0 Å². The zero-order valence-electron chi connectivity index (χ0n) is 10.9. The third-order valence-electron chi connectivity index (χ3n) is 2.87. The van der Waals surface area contributed by atoms with E-state index in [0.717, 1.165) is 23.0 Å². The van der Waals surface area contributed by atoms with E-state index in [1.165, 1.54) is 10.4 Å². The van der Waals surface area contributed by atoms with Crippen molar-refractivity contribution in [3.05, 3.63) is 38.8 Å². The number of nitrogens with zero attached hydrogens (tertiary/aromatic N) is 2.